The second-order valence-electron chi connectivity index (χ2n) is 8.73. The Kier molecular flexibility index (Phi) is 9.41. The molecule has 3 rings (SSSR count). The lowest BCUT2D eigenvalue weighted by molar-refractivity contribution is -0.142. The maximum absolute atomic E-state index is 13.6. The van der Waals surface area contributed by atoms with Crippen LogP contribution in [-0.4, -0.2) is 35.9 Å². The van der Waals surface area contributed by atoms with Gasteiger partial charge in [-0.05, 0) is 47.7 Å². The zero-order valence-electron chi connectivity index (χ0n) is 20.5. The molecule has 6 heteroatoms. The molecule has 0 radical (unpaired) electrons. The summed E-state index contributed by atoms with van der Waals surface area (Å²) in [5, 5.41) is 2.86. The van der Waals surface area contributed by atoms with Crippen LogP contribution in [0.2, 0.25) is 0 Å². The van der Waals surface area contributed by atoms with Crippen molar-refractivity contribution in [3.05, 3.63) is 101 Å². The molecule has 3 aromatic carbocycles. The van der Waals surface area contributed by atoms with Crippen molar-refractivity contribution < 1.29 is 18.7 Å². The van der Waals surface area contributed by atoms with Gasteiger partial charge in [-0.1, -0.05) is 74.5 Å². The number of hydrogen-bond acceptors (Lipinski definition) is 3. The lowest BCUT2D eigenvalue weighted by Crippen LogP contribution is -2.51. The fourth-order valence-electron chi connectivity index (χ4n) is 3.94. The van der Waals surface area contributed by atoms with Crippen LogP contribution in [0, 0.1) is 5.82 Å². The first-order valence-electron chi connectivity index (χ1n) is 12.0. The Bertz CT molecular complexity index is 1100. The van der Waals surface area contributed by atoms with Crippen LogP contribution < -0.4 is 10.1 Å². The van der Waals surface area contributed by atoms with Crippen molar-refractivity contribution in [1.82, 2.24) is 10.2 Å². The number of rotatable bonds is 11. The van der Waals surface area contributed by atoms with Crippen molar-refractivity contribution in [3.63, 3.8) is 0 Å². The van der Waals surface area contributed by atoms with Crippen LogP contribution in [0.25, 0.3) is 0 Å². The minimum atomic E-state index is -0.751. The second-order valence-corrected chi connectivity index (χ2v) is 8.73. The van der Waals surface area contributed by atoms with Gasteiger partial charge in [-0.25, -0.2) is 4.39 Å². The monoisotopic (exact) mass is 476 g/mol. The fraction of sp³-hybridized carbons (Fsp3) is 0.310. The first kappa shape index (κ1) is 25.9. The Morgan fingerprint density at radius 2 is 1.57 bits per heavy atom. The molecule has 0 bridgehead atoms. The SMILES string of the molecule is CCNC(=O)C(Cc1ccccc1)N(Cc1ccc(F)cc1)C(=O)COc1ccccc1C(C)C. The number of ether oxygens (including phenoxy) is 1. The van der Waals surface area contributed by atoms with Gasteiger partial charge in [-0.15, -0.1) is 0 Å². The highest BCUT2D eigenvalue weighted by Gasteiger charge is 2.30. The third-order valence-corrected chi connectivity index (χ3v) is 5.78. The number of nitrogens with one attached hydrogen (secondary N) is 1. The van der Waals surface area contributed by atoms with E-state index in [1.807, 2.05) is 61.5 Å². The number of halogens is 1. The summed E-state index contributed by atoms with van der Waals surface area (Å²) in [5.41, 5.74) is 2.67. The second kappa shape index (κ2) is 12.7. The van der Waals surface area contributed by atoms with E-state index in [0.717, 1.165) is 16.7 Å². The predicted octanol–water partition coefficient (Wildman–Crippen LogP) is 5.10. The summed E-state index contributed by atoms with van der Waals surface area (Å²) in [6.45, 7) is 6.36. The van der Waals surface area contributed by atoms with Crippen molar-refractivity contribution in [2.75, 3.05) is 13.2 Å². The summed E-state index contributed by atoms with van der Waals surface area (Å²) in [4.78, 5) is 28.2. The van der Waals surface area contributed by atoms with E-state index in [4.69, 9.17) is 4.74 Å². The Morgan fingerprint density at radius 3 is 2.23 bits per heavy atom. The molecule has 35 heavy (non-hydrogen) atoms. The number of benzene rings is 3. The molecule has 2 amide bonds. The molecular formula is C29H33FN2O3. The third kappa shape index (κ3) is 7.41. The van der Waals surface area contributed by atoms with Gasteiger partial charge in [-0.2, -0.15) is 0 Å². The average molecular weight is 477 g/mol. The fourth-order valence-corrected chi connectivity index (χ4v) is 3.94. The molecule has 184 valence electrons. The molecule has 0 saturated carbocycles. The Labute approximate surface area is 206 Å². The van der Waals surface area contributed by atoms with E-state index in [0.29, 0.717) is 18.7 Å². The van der Waals surface area contributed by atoms with E-state index in [1.165, 1.54) is 17.0 Å². The van der Waals surface area contributed by atoms with E-state index < -0.39 is 6.04 Å². The Morgan fingerprint density at radius 1 is 0.914 bits per heavy atom. The molecule has 0 aromatic heterocycles. The zero-order chi connectivity index (χ0) is 25.2. The number of nitrogens with zero attached hydrogens (tertiary/aromatic N) is 1. The maximum atomic E-state index is 13.6. The van der Waals surface area contributed by atoms with E-state index in [-0.39, 0.29) is 36.7 Å². The summed E-state index contributed by atoms with van der Waals surface area (Å²) >= 11 is 0. The van der Waals surface area contributed by atoms with Gasteiger partial charge in [-0.3, -0.25) is 9.59 Å². The smallest absolute Gasteiger partial charge is 0.261 e. The predicted molar refractivity (Wildman–Crippen MR) is 136 cm³/mol. The lowest BCUT2D eigenvalue weighted by atomic mass is 10.0. The van der Waals surface area contributed by atoms with Crippen LogP contribution in [0.1, 0.15) is 43.4 Å². The van der Waals surface area contributed by atoms with Crippen molar-refractivity contribution in [2.24, 2.45) is 0 Å². The summed E-state index contributed by atoms with van der Waals surface area (Å²) < 4.78 is 19.5. The molecule has 1 N–H and O–H groups in total. The van der Waals surface area contributed by atoms with Gasteiger partial charge in [0.15, 0.2) is 6.61 Å². The molecule has 0 aliphatic rings. The van der Waals surface area contributed by atoms with Crippen LogP contribution in [0.15, 0.2) is 78.9 Å². The number of carbonyl (C=O) groups is 2. The molecule has 0 fully saturated rings. The quantitative estimate of drug-likeness (QED) is 0.419. The molecule has 3 aromatic rings. The standard InChI is InChI=1S/C29H33FN2O3/c1-4-31-29(34)26(18-22-10-6-5-7-11-22)32(19-23-14-16-24(30)17-15-23)28(33)20-35-27-13-9-8-12-25(27)21(2)3/h5-17,21,26H,4,18-20H2,1-3H3,(H,31,34). The third-order valence-electron chi connectivity index (χ3n) is 5.78. The molecular weight excluding hydrogens is 443 g/mol. The molecule has 0 saturated heterocycles. The highest BCUT2D eigenvalue weighted by atomic mass is 19.1. The van der Waals surface area contributed by atoms with E-state index in [2.05, 4.69) is 19.2 Å². The normalized spacial score (nSPS) is 11.7. The zero-order valence-corrected chi connectivity index (χ0v) is 20.5. The first-order chi connectivity index (χ1) is 16.9. The van der Waals surface area contributed by atoms with Crippen molar-refractivity contribution in [1.29, 1.82) is 0 Å². The number of carbonyl (C=O) groups excluding carboxylic acids is 2. The molecule has 0 aliphatic heterocycles. The largest absolute Gasteiger partial charge is 0.483 e. The van der Waals surface area contributed by atoms with Crippen LogP contribution >= 0.6 is 0 Å². The van der Waals surface area contributed by atoms with Crippen LogP contribution in [0.3, 0.4) is 0 Å². The van der Waals surface area contributed by atoms with E-state index in [1.54, 1.807) is 12.1 Å². The number of para-hydroxylation sites is 1. The molecule has 0 heterocycles. The van der Waals surface area contributed by atoms with Gasteiger partial charge in [0.05, 0.1) is 0 Å². The average Bonchev–Trinajstić information content (AvgIpc) is 2.86. The minimum Gasteiger partial charge on any atom is -0.483 e. The van der Waals surface area contributed by atoms with Crippen LogP contribution in [0.4, 0.5) is 4.39 Å². The highest BCUT2D eigenvalue weighted by Crippen LogP contribution is 2.26. The minimum absolute atomic E-state index is 0.156. The van der Waals surface area contributed by atoms with Crippen molar-refractivity contribution in [2.45, 2.75) is 45.7 Å². The number of amides is 2. The van der Waals surface area contributed by atoms with E-state index in [9.17, 15) is 14.0 Å². The van der Waals surface area contributed by atoms with Crippen LogP contribution in [0.5, 0.6) is 5.75 Å². The van der Waals surface area contributed by atoms with Gasteiger partial charge in [0.2, 0.25) is 5.91 Å². The highest BCUT2D eigenvalue weighted by molar-refractivity contribution is 5.88. The topological polar surface area (TPSA) is 58.6 Å². The first-order valence-corrected chi connectivity index (χ1v) is 12.0. The van der Waals surface area contributed by atoms with Gasteiger partial charge in [0, 0.05) is 19.5 Å². The van der Waals surface area contributed by atoms with Crippen LogP contribution in [-0.2, 0) is 22.6 Å². The molecule has 1 atom stereocenters. The summed E-state index contributed by atoms with van der Waals surface area (Å²) in [6.07, 6.45) is 0.349. The number of hydrogen-bond donors (Lipinski definition) is 1. The molecule has 1 unspecified atom stereocenters. The van der Waals surface area contributed by atoms with Crippen molar-refractivity contribution >= 4 is 11.8 Å². The summed E-state index contributed by atoms with van der Waals surface area (Å²) in [7, 11) is 0. The lowest BCUT2D eigenvalue weighted by Gasteiger charge is -2.31. The van der Waals surface area contributed by atoms with Gasteiger partial charge < -0.3 is 15.0 Å². The summed E-state index contributed by atoms with van der Waals surface area (Å²) in [5.74, 6) is -0.0349. The summed E-state index contributed by atoms with van der Waals surface area (Å²) in [6, 6.07) is 22.4. The molecule has 5 nitrogen and oxygen atoms in total. The molecule has 0 spiro atoms. The molecule has 0 aliphatic carbocycles. The van der Waals surface area contributed by atoms with Gasteiger partial charge in [0.25, 0.3) is 5.91 Å². The Hall–Kier alpha value is -3.67. The van der Waals surface area contributed by atoms with Gasteiger partial charge in [0.1, 0.15) is 17.6 Å². The van der Waals surface area contributed by atoms with E-state index >= 15 is 0 Å². The maximum Gasteiger partial charge on any atom is 0.261 e. The van der Waals surface area contributed by atoms with Crippen molar-refractivity contribution in [3.8, 4) is 5.75 Å². The Balaban J connectivity index is 1.90. The van der Waals surface area contributed by atoms with Gasteiger partial charge >= 0.3 is 0 Å². The number of likely N-dealkylation sites (N-methyl/N-ethyl adjacent to an activating group) is 1.